The summed E-state index contributed by atoms with van der Waals surface area (Å²) in [4.78, 5) is 17.6. The summed E-state index contributed by atoms with van der Waals surface area (Å²) >= 11 is 5.92. The highest BCUT2D eigenvalue weighted by Gasteiger charge is 2.16. The van der Waals surface area contributed by atoms with Gasteiger partial charge in [-0.15, -0.1) is 0 Å². The quantitative estimate of drug-likeness (QED) is 0.811. The molecule has 1 rings (SSSR count). The third-order valence-corrected chi connectivity index (χ3v) is 2.93. The Kier molecular flexibility index (Phi) is 4.74. The third-order valence-electron chi connectivity index (χ3n) is 2.63. The van der Waals surface area contributed by atoms with E-state index in [4.69, 9.17) is 11.6 Å². The Morgan fingerprint density at radius 2 is 2.31 bits per heavy atom. The molecule has 4 heteroatoms. The number of aromatic nitrogens is 1. The van der Waals surface area contributed by atoms with Crippen LogP contribution < -0.4 is 0 Å². The van der Waals surface area contributed by atoms with Crippen LogP contribution in [0.5, 0.6) is 0 Å². The van der Waals surface area contributed by atoms with Gasteiger partial charge in [-0.3, -0.25) is 9.78 Å². The van der Waals surface area contributed by atoms with Crippen LogP contribution in [0.25, 0.3) is 0 Å². The van der Waals surface area contributed by atoms with Gasteiger partial charge in [0.1, 0.15) is 0 Å². The van der Waals surface area contributed by atoms with Gasteiger partial charge in [0.15, 0.2) is 0 Å². The van der Waals surface area contributed by atoms with Crippen LogP contribution in [0.1, 0.15) is 30.6 Å². The van der Waals surface area contributed by atoms with E-state index in [9.17, 15) is 4.79 Å². The number of halogens is 1. The van der Waals surface area contributed by atoms with Gasteiger partial charge in [-0.25, -0.2) is 0 Å². The zero-order valence-electron chi connectivity index (χ0n) is 9.90. The summed E-state index contributed by atoms with van der Waals surface area (Å²) in [6.07, 6.45) is 4.13. The smallest absolute Gasteiger partial charge is 0.255 e. The molecule has 0 saturated carbocycles. The number of rotatable bonds is 4. The van der Waals surface area contributed by atoms with Gasteiger partial charge in [0.2, 0.25) is 0 Å². The summed E-state index contributed by atoms with van der Waals surface area (Å²) in [6.45, 7) is 4.98. The molecule has 16 heavy (non-hydrogen) atoms. The van der Waals surface area contributed by atoms with Crippen LogP contribution >= 0.6 is 11.6 Å². The summed E-state index contributed by atoms with van der Waals surface area (Å²) in [5, 5.41) is 0.406. The van der Waals surface area contributed by atoms with Crippen molar-refractivity contribution < 1.29 is 4.79 Å². The van der Waals surface area contributed by atoms with Crippen molar-refractivity contribution in [2.24, 2.45) is 5.92 Å². The number of carbonyl (C=O) groups excluding carboxylic acids is 1. The van der Waals surface area contributed by atoms with E-state index in [1.807, 2.05) is 0 Å². The van der Waals surface area contributed by atoms with Gasteiger partial charge in [-0.1, -0.05) is 31.9 Å². The van der Waals surface area contributed by atoms with Gasteiger partial charge in [0.25, 0.3) is 5.91 Å². The van der Waals surface area contributed by atoms with E-state index in [2.05, 4.69) is 18.8 Å². The Morgan fingerprint density at radius 1 is 1.62 bits per heavy atom. The van der Waals surface area contributed by atoms with E-state index in [-0.39, 0.29) is 5.91 Å². The maximum Gasteiger partial charge on any atom is 0.255 e. The fourth-order valence-corrected chi connectivity index (χ4v) is 1.63. The molecule has 0 aromatic carbocycles. The summed E-state index contributed by atoms with van der Waals surface area (Å²) in [5.74, 6) is 0.447. The van der Waals surface area contributed by atoms with Crippen molar-refractivity contribution in [1.29, 1.82) is 0 Å². The zero-order valence-corrected chi connectivity index (χ0v) is 10.7. The zero-order chi connectivity index (χ0) is 12.1. The first-order valence-corrected chi connectivity index (χ1v) is 5.79. The lowest BCUT2D eigenvalue weighted by molar-refractivity contribution is 0.0775. The lowest BCUT2D eigenvalue weighted by Gasteiger charge is -2.21. The lowest BCUT2D eigenvalue weighted by Crippen LogP contribution is -2.31. The fourth-order valence-electron chi connectivity index (χ4n) is 1.43. The second-order valence-electron chi connectivity index (χ2n) is 4.05. The number of hydrogen-bond donors (Lipinski definition) is 0. The van der Waals surface area contributed by atoms with E-state index in [1.165, 1.54) is 6.20 Å². The molecule has 0 spiro atoms. The van der Waals surface area contributed by atoms with Crippen molar-refractivity contribution in [2.45, 2.75) is 20.3 Å². The number of nitrogens with zero attached hydrogens (tertiary/aromatic N) is 2. The molecule has 1 aromatic rings. The number of hydrogen-bond acceptors (Lipinski definition) is 2. The molecule has 1 unspecified atom stereocenters. The van der Waals surface area contributed by atoms with E-state index in [0.29, 0.717) is 16.5 Å². The molecule has 1 atom stereocenters. The highest BCUT2D eigenvalue weighted by Crippen LogP contribution is 2.16. The minimum Gasteiger partial charge on any atom is -0.341 e. The first kappa shape index (κ1) is 13.0. The molecule has 0 aliphatic rings. The van der Waals surface area contributed by atoms with Gasteiger partial charge in [0.05, 0.1) is 10.6 Å². The SMILES string of the molecule is CCC(C)CN(C)C(=O)c1ccncc1Cl. The standard InChI is InChI=1S/C12H17ClN2O/c1-4-9(2)8-15(3)12(16)10-5-6-14-7-11(10)13/h5-7,9H,4,8H2,1-3H3. The summed E-state index contributed by atoms with van der Waals surface area (Å²) in [6, 6.07) is 1.65. The Hall–Kier alpha value is -1.09. The normalized spacial score (nSPS) is 12.2. The molecule has 1 heterocycles. The number of carbonyl (C=O) groups is 1. The van der Waals surface area contributed by atoms with Crippen molar-refractivity contribution in [2.75, 3.05) is 13.6 Å². The molecule has 0 radical (unpaired) electrons. The van der Waals surface area contributed by atoms with Crippen LogP contribution in [0.4, 0.5) is 0 Å². The summed E-state index contributed by atoms with van der Waals surface area (Å²) in [5.41, 5.74) is 0.516. The minimum atomic E-state index is -0.0484. The third kappa shape index (κ3) is 3.20. The summed E-state index contributed by atoms with van der Waals surface area (Å²) in [7, 11) is 1.80. The van der Waals surface area contributed by atoms with Crippen LogP contribution in [0.15, 0.2) is 18.5 Å². The van der Waals surface area contributed by atoms with E-state index in [1.54, 1.807) is 24.2 Å². The van der Waals surface area contributed by atoms with Crippen LogP contribution in [0.3, 0.4) is 0 Å². The van der Waals surface area contributed by atoms with Gasteiger partial charge in [-0.2, -0.15) is 0 Å². The largest absolute Gasteiger partial charge is 0.341 e. The van der Waals surface area contributed by atoms with Crippen molar-refractivity contribution in [1.82, 2.24) is 9.88 Å². The van der Waals surface area contributed by atoms with E-state index < -0.39 is 0 Å². The Morgan fingerprint density at radius 3 is 2.88 bits per heavy atom. The van der Waals surface area contributed by atoms with Gasteiger partial charge >= 0.3 is 0 Å². The average molecular weight is 241 g/mol. The molecule has 1 amide bonds. The van der Waals surface area contributed by atoms with Gasteiger partial charge < -0.3 is 4.90 Å². The second-order valence-corrected chi connectivity index (χ2v) is 4.46. The number of amides is 1. The topological polar surface area (TPSA) is 33.2 Å². The van der Waals surface area contributed by atoms with Crippen LogP contribution in [0.2, 0.25) is 5.02 Å². The maximum absolute atomic E-state index is 12.0. The van der Waals surface area contributed by atoms with Crippen molar-refractivity contribution >= 4 is 17.5 Å². The van der Waals surface area contributed by atoms with Crippen molar-refractivity contribution in [3.63, 3.8) is 0 Å². The molecular weight excluding hydrogens is 224 g/mol. The van der Waals surface area contributed by atoms with Crippen LogP contribution in [0, 0.1) is 5.92 Å². The Balaban J connectivity index is 2.75. The average Bonchev–Trinajstić information content (AvgIpc) is 2.28. The molecule has 0 N–H and O–H groups in total. The highest BCUT2D eigenvalue weighted by atomic mass is 35.5. The molecular formula is C12H17ClN2O. The van der Waals surface area contributed by atoms with Crippen LogP contribution in [-0.4, -0.2) is 29.4 Å². The molecule has 0 saturated heterocycles. The van der Waals surface area contributed by atoms with Crippen molar-refractivity contribution in [3.05, 3.63) is 29.0 Å². The van der Waals surface area contributed by atoms with Gasteiger partial charge in [-0.05, 0) is 12.0 Å². The Bertz CT molecular complexity index is 368. The van der Waals surface area contributed by atoms with Crippen LogP contribution in [-0.2, 0) is 0 Å². The maximum atomic E-state index is 12.0. The molecule has 0 aliphatic heterocycles. The van der Waals surface area contributed by atoms with Gasteiger partial charge in [0, 0.05) is 26.0 Å². The second kappa shape index (κ2) is 5.85. The highest BCUT2D eigenvalue weighted by molar-refractivity contribution is 6.33. The molecule has 88 valence electrons. The predicted octanol–water partition coefficient (Wildman–Crippen LogP) is 2.85. The monoisotopic (exact) mass is 240 g/mol. The first-order valence-electron chi connectivity index (χ1n) is 5.41. The lowest BCUT2D eigenvalue weighted by atomic mass is 10.1. The molecule has 0 aliphatic carbocycles. The van der Waals surface area contributed by atoms with E-state index in [0.717, 1.165) is 13.0 Å². The molecule has 0 fully saturated rings. The Labute approximate surface area is 101 Å². The number of pyridine rings is 1. The molecule has 3 nitrogen and oxygen atoms in total. The predicted molar refractivity (Wildman–Crippen MR) is 65.7 cm³/mol. The molecule has 1 aromatic heterocycles. The molecule has 0 bridgehead atoms. The summed E-state index contributed by atoms with van der Waals surface area (Å²) < 4.78 is 0. The van der Waals surface area contributed by atoms with E-state index >= 15 is 0 Å². The van der Waals surface area contributed by atoms with Crippen molar-refractivity contribution in [3.8, 4) is 0 Å². The fraction of sp³-hybridized carbons (Fsp3) is 0.500. The minimum absolute atomic E-state index is 0.0484. The first-order chi connectivity index (χ1) is 7.56.